The summed E-state index contributed by atoms with van der Waals surface area (Å²) in [6.45, 7) is 5.57. The van der Waals surface area contributed by atoms with Gasteiger partial charge < -0.3 is 14.8 Å². The Morgan fingerprint density at radius 1 is 1.22 bits per heavy atom. The molecule has 1 aromatic rings. The van der Waals surface area contributed by atoms with Gasteiger partial charge in [0.25, 0.3) is 0 Å². The molecule has 1 aromatic carbocycles. The van der Waals surface area contributed by atoms with E-state index in [-0.39, 0.29) is 5.78 Å². The fourth-order valence-electron chi connectivity index (χ4n) is 1.72. The second-order valence-electron chi connectivity index (χ2n) is 4.73. The van der Waals surface area contributed by atoms with Gasteiger partial charge in [0.2, 0.25) is 0 Å². The van der Waals surface area contributed by atoms with E-state index in [2.05, 4.69) is 5.32 Å². The average Bonchev–Trinajstić information content (AvgIpc) is 2.36. The Morgan fingerprint density at radius 2 is 1.83 bits per heavy atom. The first kappa shape index (κ1) is 14.5. The Labute approximate surface area is 108 Å². The fourth-order valence-corrected chi connectivity index (χ4v) is 1.72. The lowest BCUT2D eigenvalue weighted by Gasteiger charge is -2.24. The average molecular weight is 251 g/mol. The lowest BCUT2D eigenvalue weighted by atomic mass is 9.90. The van der Waals surface area contributed by atoms with Crippen LogP contribution < -0.4 is 14.8 Å². The molecule has 0 aliphatic rings. The molecule has 0 fully saturated rings. The quantitative estimate of drug-likeness (QED) is 0.815. The zero-order chi connectivity index (χ0) is 13.9. The van der Waals surface area contributed by atoms with E-state index in [4.69, 9.17) is 9.47 Å². The Morgan fingerprint density at radius 3 is 2.28 bits per heavy atom. The molecule has 0 radical (unpaired) electrons. The predicted molar refractivity (Wildman–Crippen MR) is 71.8 cm³/mol. The second-order valence-corrected chi connectivity index (χ2v) is 4.73. The molecule has 100 valence electrons. The van der Waals surface area contributed by atoms with Crippen molar-refractivity contribution in [3.8, 4) is 11.5 Å². The maximum absolute atomic E-state index is 12.5. The molecule has 0 aromatic heterocycles. The molecular weight excluding hydrogens is 230 g/mol. The molecule has 4 heteroatoms. The number of rotatable bonds is 5. The third kappa shape index (κ3) is 2.64. The molecule has 0 bridgehead atoms. The van der Waals surface area contributed by atoms with Gasteiger partial charge >= 0.3 is 0 Å². The minimum absolute atomic E-state index is 0.00185. The minimum atomic E-state index is -0.632. The van der Waals surface area contributed by atoms with Gasteiger partial charge in [0, 0.05) is 6.07 Å². The Kier molecular flexibility index (Phi) is 4.35. The minimum Gasteiger partial charge on any atom is -0.497 e. The van der Waals surface area contributed by atoms with Crippen molar-refractivity contribution in [3.05, 3.63) is 23.3 Å². The largest absolute Gasteiger partial charge is 0.497 e. The molecule has 18 heavy (non-hydrogen) atoms. The van der Waals surface area contributed by atoms with Gasteiger partial charge in [-0.1, -0.05) is 0 Å². The number of Topliss-reactive ketones (excluding diaryl/α,β-unsaturated/α-hetero) is 1. The van der Waals surface area contributed by atoms with Gasteiger partial charge in [0.15, 0.2) is 5.78 Å². The van der Waals surface area contributed by atoms with Crippen LogP contribution in [0, 0.1) is 6.92 Å². The van der Waals surface area contributed by atoms with Crippen LogP contribution in [-0.2, 0) is 0 Å². The van der Waals surface area contributed by atoms with Crippen molar-refractivity contribution >= 4 is 5.78 Å². The number of hydrogen-bond acceptors (Lipinski definition) is 4. The number of likely N-dealkylation sites (N-methyl/N-ethyl adjacent to an activating group) is 1. The van der Waals surface area contributed by atoms with Gasteiger partial charge in [-0.2, -0.15) is 0 Å². The molecule has 0 saturated heterocycles. The molecule has 0 aliphatic heterocycles. The van der Waals surface area contributed by atoms with E-state index in [1.807, 2.05) is 26.8 Å². The summed E-state index contributed by atoms with van der Waals surface area (Å²) in [5, 5.41) is 3.01. The number of carbonyl (C=O) groups excluding carboxylic acids is 1. The number of ketones is 1. The summed E-state index contributed by atoms with van der Waals surface area (Å²) < 4.78 is 10.5. The van der Waals surface area contributed by atoms with Crippen molar-refractivity contribution in [1.82, 2.24) is 5.32 Å². The Hall–Kier alpha value is -1.55. The summed E-state index contributed by atoms with van der Waals surface area (Å²) in [7, 11) is 4.91. The summed E-state index contributed by atoms with van der Waals surface area (Å²) in [5.74, 6) is 1.23. The summed E-state index contributed by atoms with van der Waals surface area (Å²) in [6.07, 6.45) is 0. The third-order valence-electron chi connectivity index (χ3n) is 3.15. The number of benzene rings is 1. The van der Waals surface area contributed by atoms with Gasteiger partial charge in [-0.25, -0.2) is 0 Å². The predicted octanol–water partition coefficient (Wildman–Crippen LogP) is 2.19. The first-order valence-electron chi connectivity index (χ1n) is 5.83. The molecule has 0 heterocycles. The molecule has 0 atom stereocenters. The first-order valence-corrected chi connectivity index (χ1v) is 5.83. The van der Waals surface area contributed by atoms with Crippen LogP contribution in [0.25, 0.3) is 0 Å². The zero-order valence-electron chi connectivity index (χ0n) is 11.9. The molecule has 0 spiro atoms. The van der Waals surface area contributed by atoms with Crippen molar-refractivity contribution in [1.29, 1.82) is 0 Å². The monoisotopic (exact) mass is 251 g/mol. The smallest absolute Gasteiger partial charge is 0.186 e. The lowest BCUT2D eigenvalue weighted by Crippen LogP contribution is -2.44. The SMILES string of the molecule is CNC(C)(C)C(=O)c1c(C)cc(OC)cc1OC. The first-order chi connectivity index (χ1) is 8.37. The van der Waals surface area contributed by atoms with Crippen molar-refractivity contribution < 1.29 is 14.3 Å². The topological polar surface area (TPSA) is 47.6 Å². The zero-order valence-corrected chi connectivity index (χ0v) is 11.9. The van der Waals surface area contributed by atoms with Crippen LogP contribution in [0.5, 0.6) is 11.5 Å². The molecule has 1 N–H and O–H groups in total. The van der Waals surface area contributed by atoms with E-state index in [9.17, 15) is 4.79 Å². The molecule has 0 amide bonds. The summed E-state index contributed by atoms with van der Waals surface area (Å²) >= 11 is 0. The summed E-state index contributed by atoms with van der Waals surface area (Å²) in [5.41, 5.74) is 0.810. The van der Waals surface area contributed by atoms with Crippen LogP contribution in [0.2, 0.25) is 0 Å². The van der Waals surface area contributed by atoms with Gasteiger partial charge in [0.05, 0.1) is 25.3 Å². The molecule has 0 unspecified atom stereocenters. The second kappa shape index (κ2) is 5.40. The highest BCUT2D eigenvalue weighted by molar-refractivity contribution is 6.06. The van der Waals surface area contributed by atoms with E-state index >= 15 is 0 Å². The van der Waals surface area contributed by atoms with Crippen molar-refractivity contribution in [3.63, 3.8) is 0 Å². The molecular formula is C14H21NO3. The van der Waals surface area contributed by atoms with Crippen LogP contribution in [0.1, 0.15) is 29.8 Å². The Bertz CT molecular complexity index is 453. The van der Waals surface area contributed by atoms with Crippen molar-refractivity contribution in [2.45, 2.75) is 26.3 Å². The standard InChI is InChI=1S/C14H21NO3/c1-9-7-10(17-5)8-11(18-6)12(9)13(16)14(2,3)15-4/h7-8,15H,1-6H3. The molecule has 0 saturated carbocycles. The van der Waals surface area contributed by atoms with E-state index < -0.39 is 5.54 Å². The number of ether oxygens (including phenoxy) is 2. The van der Waals surface area contributed by atoms with E-state index in [1.165, 1.54) is 0 Å². The van der Waals surface area contributed by atoms with Gasteiger partial charge in [-0.05, 0) is 39.4 Å². The van der Waals surface area contributed by atoms with Crippen LogP contribution in [-0.4, -0.2) is 32.6 Å². The van der Waals surface area contributed by atoms with E-state index in [0.717, 1.165) is 5.56 Å². The number of nitrogens with one attached hydrogen (secondary N) is 1. The maximum Gasteiger partial charge on any atom is 0.186 e. The van der Waals surface area contributed by atoms with Gasteiger partial charge in [0.1, 0.15) is 11.5 Å². The number of hydrogen-bond donors (Lipinski definition) is 1. The van der Waals surface area contributed by atoms with Crippen molar-refractivity contribution in [2.75, 3.05) is 21.3 Å². The normalized spacial score (nSPS) is 11.2. The third-order valence-corrected chi connectivity index (χ3v) is 3.15. The lowest BCUT2D eigenvalue weighted by molar-refractivity contribution is 0.0885. The highest BCUT2D eigenvalue weighted by Crippen LogP contribution is 2.31. The Balaban J connectivity index is 3.36. The highest BCUT2D eigenvalue weighted by Gasteiger charge is 2.30. The summed E-state index contributed by atoms with van der Waals surface area (Å²) in [4.78, 5) is 12.5. The van der Waals surface area contributed by atoms with E-state index in [0.29, 0.717) is 17.1 Å². The van der Waals surface area contributed by atoms with Crippen LogP contribution in [0.15, 0.2) is 12.1 Å². The van der Waals surface area contributed by atoms with Gasteiger partial charge in [-0.3, -0.25) is 4.79 Å². The molecule has 1 rings (SSSR count). The number of carbonyl (C=O) groups is 1. The number of methoxy groups -OCH3 is 2. The van der Waals surface area contributed by atoms with Crippen LogP contribution in [0.4, 0.5) is 0 Å². The maximum atomic E-state index is 12.5. The highest BCUT2D eigenvalue weighted by atomic mass is 16.5. The van der Waals surface area contributed by atoms with E-state index in [1.54, 1.807) is 27.3 Å². The fraction of sp³-hybridized carbons (Fsp3) is 0.500. The van der Waals surface area contributed by atoms with Gasteiger partial charge in [-0.15, -0.1) is 0 Å². The number of aryl methyl sites for hydroxylation is 1. The summed E-state index contributed by atoms with van der Waals surface area (Å²) in [6, 6.07) is 3.56. The van der Waals surface area contributed by atoms with Crippen LogP contribution in [0.3, 0.4) is 0 Å². The van der Waals surface area contributed by atoms with Crippen LogP contribution >= 0.6 is 0 Å². The van der Waals surface area contributed by atoms with Crippen molar-refractivity contribution in [2.24, 2.45) is 0 Å². The molecule has 4 nitrogen and oxygen atoms in total. The molecule has 0 aliphatic carbocycles.